The largest absolute Gasteiger partial charge is 0.380 e. The normalized spacial score (nSPS) is 24.1. The van der Waals surface area contributed by atoms with Crippen LogP contribution in [0.1, 0.15) is 37.3 Å². The van der Waals surface area contributed by atoms with Gasteiger partial charge < -0.3 is 10.1 Å². The fraction of sp³-hybridized carbons (Fsp3) is 0.600. The summed E-state index contributed by atoms with van der Waals surface area (Å²) in [6, 6.07) is 9.42. The van der Waals surface area contributed by atoms with Gasteiger partial charge in [-0.3, -0.25) is 0 Å². The highest BCUT2D eigenvalue weighted by Crippen LogP contribution is 2.24. The molecule has 1 saturated carbocycles. The van der Waals surface area contributed by atoms with E-state index in [-0.39, 0.29) is 0 Å². The Morgan fingerprint density at radius 2 is 1.88 bits per heavy atom. The Hall–Kier alpha value is -0.860. The number of ether oxygens (including phenoxy) is 1. The predicted molar refractivity (Wildman–Crippen MR) is 70.8 cm³/mol. The minimum atomic E-state index is 0.702. The zero-order valence-corrected chi connectivity index (χ0v) is 10.9. The predicted octanol–water partition coefficient (Wildman–Crippen LogP) is 3.11. The van der Waals surface area contributed by atoms with Gasteiger partial charge in [-0.25, -0.2) is 0 Å². The van der Waals surface area contributed by atoms with Crippen LogP contribution in [0.5, 0.6) is 0 Å². The summed E-state index contributed by atoms with van der Waals surface area (Å²) in [6.07, 6.45) is 4.05. The van der Waals surface area contributed by atoms with E-state index in [1.807, 2.05) is 0 Å². The van der Waals surface area contributed by atoms with Crippen molar-refractivity contribution >= 4 is 0 Å². The maximum Gasteiger partial charge on any atom is 0.0713 e. The molecule has 2 nitrogen and oxygen atoms in total. The summed E-state index contributed by atoms with van der Waals surface area (Å²) >= 11 is 0. The molecule has 0 bridgehead atoms. The van der Waals surface area contributed by atoms with E-state index in [0.717, 1.165) is 18.5 Å². The van der Waals surface area contributed by atoms with Crippen molar-refractivity contribution in [2.45, 2.75) is 45.4 Å². The molecule has 1 fully saturated rings. The standard InChI is InChI=1S/C15H23NO/c1-12-3-8-15(9-12)16-10-13-4-6-14(7-5-13)11-17-2/h4-7,12,15-16H,3,8-11H2,1-2H3. The van der Waals surface area contributed by atoms with E-state index in [1.165, 1.54) is 30.4 Å². The van der Waals surface area contributed by atoms with Crippen LogP contribution in [-0.4, -0.2) is 13.2 Å². The summed E-state index contributed by atoms with van der Waals surface area (Å²) in [5, 5.41) is 3.65. The first kappa shape index (κ1) is 12.6. The Morgan fingerprint density at radius 1 is 1.18 bits per heavy atom. The lowest BCUT2D eigenvalue weighted by molar-refractivity contribution is 0.185. The Balaban J connectivity index is 1.78. The van der Waals surface area contributed by atoms with E-state index in [2.05, 4.69) is 36.5 Å². The van der Waals surface area contributed by atoms with Crippen LogP contribution in [0, 0.1) is 5.92 Å². The van der Waals surface area contributed by atoms with Crippen molar-refractivity contribution in [2.24, 2.45) is 5.92 Å². The molecule has 2 heteroatoms. The highest BCUT2D eigenvalue weighted by atomic mass is 16.5. The number of methoxy groups -OCH3 is 1. The molecule has 0 saturated heterocycles. The lowest BCUT2D eigenvalue weighted by Gasteiger charge is -2.12. The van der Waals surface area contributed by atoms with E-state index in [0.29, 0.717) is 6.61 Å². The lowest BCUT2D eigenvalue weighted by atomic mass is 10.1. The molecule has 0 aliphatic heterocycles. The van der Waals surface area contributed by atoms with Gasteiger partial charge in [-0.1, -0.05) is 31.2 Å². The van der Waals surface area contributed by atoms with Crippen molar-refractivity contribution in [3.8, 4) is 0 Å². The summed E-state index contributed by atoms with van der Waals surface area (Å²) < 4.78 is 5.11. The molecule has 1 aromatic rings. The second-order valence-electron chi connectivity index (χ2n) is 5.25. The minimum absolute atomic E-state index is 0.702. The van der Waals surface area contributed by atoms with E-state index in [4.69, 9.17) is 4.74 Å². The first-order valence-electron chi connectivity index (χ1n) is 6.58. The summed E-state index contributed by atoms with van der Waals surface area (Å²) in [5.41, 5.74) is 2.61. The second-order valence-corrected chi connectivity index (χ2v) is 5.25. The maximum absolute atomic E-state index is 5.11. The molecular weight excluding hydrogens is 210 g/mol. The molecule has 2 atom stereocenters. The van der Waals surface area contributed by atoms with Gasteiger partial charge in [0, 0.05) is 19.7 Å². The topological polar surface area (TPSA) is 21.3 Å². The molecule has 1 aromatic carbocycles. The van der Waals surface area contributed by atoms with Gasteiger partial charge in [0.2, 0.25) is 0 Å². The van der Waals surface area contributed by atoms with E-state index >= 15 is 0 Å². The van der Waals surface area contributed by atoms with E-state index in [1.54, 1.807) is 7.11 Å². The number of rotatable bonds is 5. The van der Waals surface area contributed by atoms with Gasteiger partial charge in [0.15, 0.2) is 0 Å². The van der Waals surface area contributed by atoms with Crippen molar-refractivity contribution in [3.63, 3.8) is 0 Å². The van der Waals surface area contributed by atoms with Crippen LogP contribution in [0.3, 0.4) is 0 Å². The van der Waals surface area contributed by atoms with Crippen molar-refractivity contribution in [3.05, 3.63) is 35.4 Å². The van der Waals surface area contributed by atoms with Crippen LogP contribution in [0.4, 0.5) is 0 Å². The van der Waals surface area contributed by atoms with E-state index in [9.17, 15) is 0 Å². The second kappa shape index (κ2) is 6.18. The summed E-state index contributed by atoms with van der Waals surface area (Å²) in [5.74, 6) is 0.900. The molecule has 17 heavy (non-hydrogen) atoms. The smallest absolute Gasteiger partial charge is 0.0713 e. The van der Waals surface area contributed by atoms with Crippen molar-refractivity contribution < 1.29 is 4.74 Å². The molecular formula is C15H23NO. The molecule has 0 spiro atoms. The molecule has 0 radical (unpaired) electrons. The fourth-order valence-corrected chi connectivity index (χ4v) is 2.57. The van der Waals surface area contributed by atoms with Gasteiger partial charge in [-0.05, 0) is 36.3 Å². The summed E-state index contributed by atoms with van der Waals surface area (Å²) in [6.45, 7) is 4.04. The maximum atomic E-state index is 5.11. The zero-order valence-electron chi connectivity index (χ0n) is 10.9. The Kier molecular flexibility index (Phi) is 4.57. The third-order valence-corrected chi connectivity index (χ3v) is 3.62. The SMILES string of the molecule is COCc1ccc(CNC2CCC(C)C2)cc1. The number of hydrogen-bond donors (Lipinski definition) is 1. The Morgan fingerprint density at radius 3 is 2.47 bits per heavy atom. The first-order chi connectivity index (χ1) is 8.28. The minimum Gasteiger partial charge on any atom is -0.380 e. The highest BCUT2D eigenvalue weighted by molar-refractivity contribution is 5.22. The average Bonchev–Trinajstić information content (AvgIpc) is 2.75. The molecule has 1 aliphatic carbocycles. The summed E-state index contributed by atoms with van der Waals surface area (Å²) in [4.78, 5) is 0. The van der Waals surface area contributed by atoms with Gasteiger partial charge in [0.25, 0.3) is 0 Å². The van der Waals surface area contributed by atoms with E-state index < -0.39 is 0 Å². The Bertz CT molecular complexity index is 333. The van der Waals surface area contributed by atoms with Gasteiger partial charge >= 0.3 is 0 Å². The van der Waals surface area contributed by atoms with Gasteiger partial charge in [-0.15, -0.1) is 0 Å². The lowest BCUT2D eigenvalue weighted by Crippen LogP contribution is -2.25. The molecule has 1 N–H and O–H groups in total. The quantitative estimate of drug-likeness (QED) is 0.843. The molecule has 2 rings (SSSR count). The van der Waals surface area contributed by atoms with Crippen LogP contribution in [0.25, 0.3) is 0 Å². The van der Waals surface area contributed by atoms with Gasteiger partial charge in [0.05, 0.1) is 6.61 Å². The van der Waals surface area contributed by atoms with Crippen molar-refractivity contribution in [1.82, 2.24) is 5.32 Å². The third kappa shape index (κ3) is 3.83. The van der Waals surface area contributed by atoms with Crippen molar-refractivity contribution in [2.75, 3.05) is 7.11 Å². The fourth-order valence-electron chi connectivity index (χ4n) is 2.57. The molecule has 0 amide bonds. The summed E-state index contributed by atoms with van der Waals surface area (Å²) in [7, 11) is 1.73. The molecule has 0 heterocycles. The number of nitrogens with one attached hydrogen (secondary N) is 1. The molecule has 0 aromatic heterocycles. The number of benzene rings is 1. The average molecular weight is 233 g/mol. The van der Waals surface area contributed by atoms with Crippen molar-refractivity contribution in [1.29, 1.82) is 0 Å². The molecule has 1 aliphatic rings. The van der Waals surface area contributed by atoms with Gasteiger partial charge in [-0.2, -0.15) is 0 Å². The number of hydrogen-bond acceptors (Lipinski definition) is 2. The zero-order chi connectivity index (χ0) is 12.1. The Labute approximate surface area is 104 Å². The molecule has 94 valence electrons. The monoisotopic (exact) mass is 233 g/mol. The van der Waals surface area contributed by atoms with Crippen LogP contribution in [0.2, 0.25) is 0 Å². The third-order valence-electron chi connectivity index (χ3n) is 3.62. The van der Waals surface area contributed by atoms with Gasteiger partial charge in [0.1, 0.15) is 0 Å². The van der Waals surface area contributed by atoms with Crippen LogP contribution in [0.15, 0.2) is 24.3 Å². The first-order valence-corrected chi connectivity index (χ1v) is 6.58. The molecule has 2 unspecified atom stereocenters. The van der Waals surface area contributed by atoms with Crippen LogP contribution >= 0.6 is 0 Å². The van der Waals surface area contributed by atoms with Crippen LogP contribution in [-0.2, 0) is 17.9 Å². The highest BCUT2D eigenvalue weighted by Gasteiger charge is 2.20. The van der Waals surface area contributed by atoms with Crippen LogP contribution < -0.4 is 5.32 Å².